The number of rotatable bonds is 10. The molecule has 0 radical (unpaired) electrons. The molecule has 1 rings (SSSR count). The van der Waals surface area contributed by atoms with Crippen molar-refractivity contribution in [3.05, 3.63) is 29.1 Å². The molecule has 9 heteroatoms. The van der Waals surface area contributed by atoms with Crippen LogP contribution in [0.2, 0.25) is 0 Å². The Kier molecular flexibility index (Phi) is 8.49. The molecule has 1 atom stereocenters. The number of benzene rings is 1. The monoisotopic (exact) mass is 396 g/mol. The van der Waals surface area contributed by atoms with E-state index in [1.165, 1.54) is 33.3 Å². The molecule has 27 heavy (non-hydrogen) atoms. The number of alkyl halides is 3. The highest BCUT2D eigenvalue weighted by atomic mass is 19.4. The highest BCUT2D eigenvalue weighted by Gasteiger charge is 2.56. The lowest BCUT2D eigenvalue weighted by molar-refractivity contribution is -0.230. The summed E-state index contributed by atoms with van der Waals surface area (Å²) in [4.78, 5) is 11.9. The summed E-state index contributed by atoms with van der Waals surface area (Å²) in [6, 6.07) is 2.45. The van der Waals surface area contributed by atoms with Gasteiger partial charge >= 0.3 is 12.1 Å². The Morgan fingerprint density at radius 2 is 1.56 bits per heavy atom. The van der Waals surface area contributed by atoms with E-state index in [-0.39, 0.29) is 32.2 Å². The smallest absolute Gasteiger partial charge is 0.404 e. The molecule has 0 spiro atoms. The van der Waals surface area contributed by atoms with Crippen LogP contribution in [0, 0.1) is 11.2 Å². The lowest BCUT2D eigenvalue weighted by atomic mass is 9.87. The number of methoxy groups -OCH3 is 2. The number of halogens is 4. The van der Waals surface area contributed by atoms with Crippen molar-refractivity contribution in [3.63, 3.8) is 0 Å². The van der Waals surface area contributed by atoms with Gasteiger partial charge in [-0.15, -0.1) is 0 Å². The molecule has 0 aliphatic rings. The van der Waals surface area contributed by atoms with Crippen molar-refractivity contribution in [1.82, 2.24) is 0 Å². The zero-order valence-corrected chi connectivity index (χ0v) is 15.7. The predicted octanol–water partition coefficient (Wildman–Crippen LogP) is 4.02. The molecule has 1 aromatic carbocycles. The van der Waals surface area contributed by atoms with Gasteiger partial charge in [0.2, 0.25) is 0 Å². The number of carbonyl (C=O) groups is 1. The molecule has 0 bridgehead atoms. The maximum absolute atomic E-state index is 13.7. The van der Waals surface area contributed by atoms with Crippen LogP contribution in [0.5, 0.6) is 5.75 Å². The van der Waals surface area contributed by atoms with Gasteiger partial charge in [0, 0.05) is 25.3 Å². The molecule has 0 heterocycles. The van der Waals surface area contributed by atoms with Gasteiger partial charge < -0.3 is 18.9 Å². The predicted molar refractivity (Wildman–Crippen MR) is 88.7 cm³/mol. The summed E-state index contributed by atoms with van der Waals surface area (Å²) in [5, 5.41) is 0. The first-order valence-electron chi connectivity index (χ1n) is 8.26. The number of hydrogen-bond acceptors (Lipinski definition) is 5. The van der Waals surface area contributed by atoms with E-state index in [2.05, 4.69) is 0 Å². The minimum atomic E-state index is -4.71. The molecule has 1 unspecified atom stereocenters. The molecule has 0 aliphatic heterocycles. The van der Waals surface area contributed by atoms with E-state index in [0.717, 1.165) is 6.92 Å². The minimum Gasteiger partial charge on any atom is -0.489 e. The van der Waals surface area contributed by atoms with E-state index in [9.17, 15) is 22.4 Å². The van der Waals surface area contributed by atoms with Crippen LogP contribution in [0.4, 0.5) is 17.6 Å². The molecule has 0 saturated carbocycles. The lowest BCUT2D eigenvalue weighted by Gasteiger charge is -2.28. The van der Waals surface area contributed by atoms with Gasteiger partial charge in [-0.2, -0.15) is 13.2 Å². The van der Waals surface area contributed by atoms with Crippen molar-refractivity contribution in [3.8, 4) is 5.75 Å². The van der Waals surface area contributed by atoms with Gasteiger partial charge in [0.1, 0.15) is 24.8 Å². The first kappa shape index (κ1) is 23.2. The van der Waals surface area contributed by atoms with Crippen molar-refractivity contribution in [2.75, 3.05) is 27.4 Å². The standard InChI is InChI=1S/C18H24F4O5/c1-5-17(2,18(20,21)22)16(23)27-7-6-26-15-12(10-24-3)8-14(19)9-13(15)11-25-4/h8-9H,5-7,10-11H2,1-4H3. The van der Waals surface area contributed by atoms with E-state index in [1.807, 2.05) is 0 Å². The minimum absolute atomic E-state index is 0.0611. The third-order valence-electron chi connectivity index (χ3n) is 4.15. The van der Waals surface area contributed by atoms with Crippen LogP contribution in [0.1, 0.15) is 31.4 Å². The topological polar surface area (TPSA) is 54.0 Å². The quantitative estimate of drug-likeness (QED) is 0.340. The Morgan fingerprint density at radius 3 is 1.96 bits per heavy atom. The summed E-state index contributed by atoms with van der Waals surface area (Å²) in [6.45, 7) is 1.59. The summed E-state index contributed by atoms with van der Waals surface area (Å²) in [6.07, 6.45) is -5.15. The normalized spacial score (nSPS) is 13.9. The summed E-state index contributed by atoms with van der Waals surface area (Å²) in [5.41, 5.74) is -1.76. The average Bonchev–Trinajstić information content (AvgIpc) is 2.58. The van der Waals surface area contributed by atoms with Gasteiger partial charge in [-0.3, -0.25) is 4.79 Å². The van der Waals surface area contributed by atoms with Gasteiger partial charge in [0.15, 0.2) is 5.41 Å². The lowest BCUT2D eigenvalue weighted by Crippen LogP contribution is -2.43. The molecular weight excluding hydrogens is 372 g/mol. The largest absolute Gasteiger partial charge is 0.489 e. The second-order valence-corrected chi connectivity index (χ2v) is 6.09. The van der Waals surface area contributed by atoms with E-state index >= 15 is 0 Å². The van der Waals surface area contributed by atoms with E-state index in [0.29, 0.717) is 11.1 Å². The fourth-order valence-corrected chi connectivity index (χ4v) is 2.32. The van der Waals surface area contributed by atoms with Crippen LogP contribution < -0.4 is 4.74 Å². The number of esters is 1. The molecule has 0 fully saturated rings. The van der Waals surface area contributed by atoms with Crippen LogP contribution in [0.25, 0.3) is 0 Å². The Labute approximate surface area is 155 Å². The van der Waals surface area contributed by atoms with Crippen molar-refractivity contribution in [2.24, 2.45) is 5.41 Å². The Hall–Kier alpha value is -1.87. The van der Waals surface area contributed by atoms with E-state index < -0.39 is 29.8 Å². The van der Waals surface area contributed by atoms with Gasteiger partial charge in [-0.1, -0.05) is 6.92 Å². The highest BCUT2D eigenvalue weighted by Crippen LogP contribution is 2.41. The van der Waals surface area contributed by atoms with Crippen LogP contribution >= 0.6 is 0 Å². The van der Waals surface area contributed by atoms with Crippen molar-refractivity contribution >= 4 is 5.97 Å². The number of carbonyl (C=O) groups excluding carboxylic acids is 1. The van der Waals surface area contributed by atoms with Gasteiger partial charge in [0.25, 0.3) is 0 Å². The van der Waals surface area contributed by atoms with Crippen LogP contribution in [0.15, 0.2) is 12.1 Å². The maximum Gasteiger partial charge on any atom is 0.404 e. The molecule has 0 amide bonds. The van der Waals surface area contributed by atoms with Gasteiger partial charge in [-0.05, 0) is 25.5 Å². The fraction of sp³-hybridized carbons (Fsp3) is 0.611. The molecule has 5 nitrogen and oxygen atoms in total. The molecule has 0 N–H and O–H groups in total. The molecule has 1 aromatic rings. The third-order valence-corrected chi connectivity index (χ3v) is 4.15. The molecule has 0 saturated heterocycles. The highest BCUT2D eigenvalue weighted by molar-refractivity contribution is 5.77. The first-order valence-corrected chi connectivity index (χ1v) is 8.26. The van der Waals surface area contributed by atoms with E-state index in [1.54, 1.807) is 0 Å². The molecular formula is C18H24F4O5. The number of ether oxygens (including phenoxy) is 4. The van der Waals surface area contributed by atoms with Crippen molar-refractivity contribution in [2.45, 2.75) is 39.7 Å². The summed E-state index contributed by atoms with van der Waals surface area (Å²) >= 11 is 0. The SMILES string of the molecule is CCC(C)(C(=O)OCCOc1c(COC)cc(F)cc1COC)C(F)(F)F. The first-order chi connectivity index (χ1) is 12.6. The summed E-state index contributed by atoms with van der Waals surface area (Å²) in [5.74, 6) is -1.59. The Balaban J connectivity index is 2.80. The molecule has 0 aromatic heterocycles. The van der Waals surface area contributed by atoms with Crippen molar-refractivity contribution < 1.29 is 41.3 Å². The van der Waals surface area contributed by atoms with Gasteiger partial charge in [0.05, 0.1) is 13.2 Å². The zero-order chi connectivity index (χ0) is 20.7. The zero-order valence-electron chi connectivity index (χ0n) is 15.7. The molecule has 154 valence electrons. The fourth-order valence-electron chi connectivity index (χ4n) is 2.32. The molecule has 0 aliphatic carbocycles. The second kappa shape index (κ2) is 9.89. The second-order valence-electron chi connectivity index (χ2n) is 6.09. The van der Waals surface area contributed by atoms with Crippen molar-refractivity contribution in [1.29, 1.82) is 0 Å². The Bertz CT molecular complexity index is 606. The Morgan fingerprint density at radius 1 is 1.04 bits per heavy atom. The van der Waals surface area contributed by atoms with Crippen LogP contribution in [-0.2, 0) is 32.2 Å². The van der Waals surface area contributed by atoms with Crippen LogP contribution in [-0.4, -0.2) is 39.6 Å². The van der Waals surface area contributed by atoms with E-state index in [4.69, 9.17) is 18.9 Å². The van der Waals surface area contributed by atoms with Gasteiger partial charge in [-0.25, -0.2) is 4.39 Å². The third kappa shape index (κ3) is 5.80. The summed E-state index contributed by atoms with van der Waals surface area (Å²) < 4.78 is 73.1. The number of hydrogen-bond donors (Lipinski definition) is 0. The van der Waals surface area contributed by atoms with Crippen LogP contribution in [0.3, 0.4) is 0 Å². The summed E-state index contributed by atoms with van der Waals surface area (Å²) in [7, 11) is 2.85. The maximum atomic E-state index is 13.7. The average molecular weight is 396 g/mol.